The normalized spacial score (nSPS) is 11.8. The third-order valence-electron chi connectivity index (χ3n) is 2.77. The molecule has 0 amide bonds. The van der Waals surface area contributed by atoms with Crippen LogP contribution in [-0.2, 0) is 11.2 Å². The molecule has 21 heavy (non-hydrogen) atoms. The lowest BCUT2D eigenvalue weighted by Crippen LogP contribution is -2.35. The maximum Gasteiger partial charge on any atom is 0.303 e. The molecule has 120 valence electrons. The average molecular weight is 318 g/mol. The van der Waals surface area contributed by atoms with Gasteiger partial charge in [-0.25, -0.2) is 0 Å². The molecule has 0 aliphatic rings. The van der Waals surface area contributed by atoms with E-state index in [1.165, 1.54) is 0 Å². The van der Waals surface area contributed by atoms with Gasteiger partial charge in [-0.1, -0.05) is 32.0 Å². The number of hydrogen-bond acceptors (Lipinski definition) is 4. The van der Waals surface area contributed by atoms with E-state index < -0.39 is 12.1 Å². The summed E-state index contributed by atoms with van der Waals surface area (Å²) in [5, 5.41) is 21.6. The molecule has 0 saturated heterocycles. The minimum absolute atomic E-state index is 0. The van der Waals surface area contributed by atoms with Crippen LogP contribution in [0.1, 0.15) is 25.8 Å². The third kappa shape index (κ3) is 8.55. The van der Waals surface area contributed by atoms with E-state index in [1.807, 2.05) is 32.0 Å². The summed E-state index contributed by atoms with van der Waals surface area (Å²) in [7, 11) is 0. The summed E-state index contributed by atoms with van der Waals surface area (Å²) >= 11 is 0. The zero-order valence-corrected chi connectivity index (χ0v) is 13.2. The minimum atomic E-state index is -0.832. The SMILES string of the molecule is CC(C)NCC(O)COc1ccccc1CCC(=O)O.Cl. The number of rotatable bonds is 9. The van der Waals surface area contributed by atoms with Crippen LogP contribution in [0.2, 0.25) is 0 Å². The summed E-state index contributed by atoms with van der Waals surface area (Å²) in [6.45, 7) is 4.67. The molecule has 1 aromatic carbocycles. The van der Waals surface area contributed by atoms with Gasteiger partial charge in [0.05, 0.1) is 0 Å². The molecule has 1 aromatic rings. The van der Waals surface area contributed by atoms with Gasteiger partial charge in [0.2, 0.25) is 0 Å². The molecule has 1 rings (SSSR count). The fraction of sp³-hybridized carbons (Fsp3) is 0.533. The summed E-state index contributed by atoms with van der Waals surface area (Å²) in [4.78, 5) is 10.6. The van der Waals surface area contributed by atoms with E-state index in [0.29, 0.717) is 24.8 Å². The van der Waals surface area contributed by atoms with Crippen molar-refractivity contribution in [3.63, 3.8) is 0 Å². The molecule has 6 heteroatoms. The van der Waals surface area contributed by atoms with Crippen LogP contribution in [0.4, 0.5) is 0 Å². The molecule has 0 bridgehead atoms. The lowest BCUT2D eigenvalue weighted by molar-refractivity contribution is -0.136. The van der Waals surface area contributed by atoms with E-state index in [4.69, 9.17) is 9.84 Å². The quantitative estimate of drug-likeness (QED) is 0.648. The van der Waals surface area contributed by atoms with Gasteiger partial charge in [-0.05, 0) is 18.1 Å². The highest BCUT2D eigenvalue weighted by molar-refractivity contribution is 5.85. The molecule has 0 heterocycles. The number of aliphatic carboxylic acids is 1. The smallest absolute Gasteiger partial charge is 0.303 e. The first kappa shape index (κ1) is 19.7. The summed E-state index contributed by atoms with van der Waals surface area (Å²) in [5.41, 5.74) is 0.846. The van der Waals surface area contributed by atoms with Crippen molar-refractivity contribution in [3.05, 3.63) is 29.8 Å². The second-order valence-electron chi connectivity index (χ2n) is 5.03. The van der Waals surface area contributed by atoms with Crippen molar-refractivity contribution >= 4 is 18.4 Å². The second kappa shape index (κ2) is 10.4. The Morgan fingerprint density at radius 3 is 2.62 bits per heavy atom. The van der Waals surface area contributed by atoms with Gasteiger partial charge in [0, 0.05) is 19.0 Å². The van der Waals surface area contributed by atoms with E-state index in [1.54, 1.807) is 6.07 Å². The summed E-state index contributed by atoms with van der Waals surface area (Å²) < 4.78 is 5.58. The molecule has 0 aliphatic carbocycles. The van der Waals surface area contributed by atoms with Crippen LogP contribution in [0.5, 0.6) is 5.75 Å². The number of aryl methyl sites for hydroxylation is 1. The molecule has 0 spiro atoms. The number of hydrogen-bond donors (Lipinski definition) is 3. The summed E-state index contributed by atoms with van der Waals surface area (Å²) in [5.74, 6) is -0.196. The molecule has 0 fully saturated rings. The van der Waals surface area contributed by atoms with Crippen LogP contribution >= 0.6 is 12.4 Å². The molecular weight excluding hydrogens is 294 g/mol. The van der Waals surface area contributed by atoms with Gasteiger partial charge in [0.15, 0.2) is 0 Å². The van der Waals surface area contributed by atoms with Gasteiger partial charge < -0.3 is 20.3 Å². The van der Waals surface area contributed by atoms with E-state index >= 15 is 0 Å². The number of carboxylic acid groups (broad SMARTS) is 1. The lowest BCUT2D eigenvalue weighted by atomic mass is 10.1. The van der Waals surface area contributed by atoms with Crippen LogP contribution in [0.15, 0.2) is 24.3 Å². The van der Waals surface area contributed by atoms with Crippen molar-refractivity contribution in [2.24, 2.45) is 0 Å². The second-order valence-corrected chi connectivity index (χ2v) is 5.03. The number of halogens is 1. The summed E-state index contributed by atoms with van der Waals surface area (Å²) in [6, 6.07) is 7.63. The zero-order chi connectivity index (χ0) is 15.0. The number of carbonyl (C=O) groups is 1. The Morgan fingerprint density at radius 1 is 1.33 bits per heavy atom. The molecule has 1 atom stereocenters. The molecule has 0 radical (unpaired) electrons. The maximum absolute atomic E-state index is 10.6. The number of para-hydroxylation sites is 1. The Bertz CT molecular complexity index is 426. The first-order valence-corrected chi connectivity index (χ1v) is 6.83. The van der Waals surface area contributed by atoms with E-state index in [2.05, 4.69) is 5.32 Å². The molecule has 1 unspecified atom stereocenters. The van der Waals surface area contributed by atoms with Crippen molar-refractivity contribution in [3.8, 4) is 5.75 Å². The highest BCUT2D eigenvalue weighted by Crippen LogP contribution is 2.19. The largest absolute Gasteiger partial charge is 0.491 e. The fourth-order valence-electron chi connectivity index (χ4n) is 1.71. The highest BCUT2D eigenvalue weighted by atomic mass is 35.5. The molecule has 0 aliphatic heterocycles. The van der Waals surface area contributed by atoms with Gasteiger partial charge >= 0.3 is 5.97 Å². The van der Waals surface area contributed by atoms with Gasteiger partial charge in [-0.15, -0.1) is 12.4 Å². The third-order valence-corrected chi connectivity index (χ3v) is 2.77. The number of ether oxygens (including phenoxy) is 1. The molecule has 3 N–H and O–H groups in total. The van der Waals surface area contributed by atoms with Crippen LogP contribution in [-0.4, -0.2) is 41.5 Å². The monoisotopic (exact) mass is 317 g/mol. The van der Waals surface area contributed by atoms with Crippen molar-refractivity contribution < 1.29 is 19.7 Å². The van der Waals surface area contributed by atoms with Crippen molar-refractivity contribution in [2.75, 3.05) is 13.2 Å². The van der Waals surface area contributed by atoms with E-state index in [-0.39, 0.29) is 25.4 Å². The Hall–Kier alpha value is -1.30. The minimum Gasteiger partial charge on any atom is -0.491 e. The number of nitrogens with one attached hydrogen (secondary N) is 1. The van der Waals surface area contributed by atoms with E-state index in [9.17, 15) is 9.90 Å². The fourth-order valence-corrected chi connectivity index (χ4v) is 1.71. The number of carboxylic acids is 1. The van der Waals surface area contributed by atoms with Crippen LogP contribution in [0.25, 0.3) is 0 Å². The molecule has 0 saturated carbocycles. The molecular formula is C15H24ClNO4. The highest BCUT2D eigenvalue weighted by Gasteiger charge is 2.09. The van der Waals surface area contributed by atoms with Gasteiger partial charge in [-0.3, -0.25) is 4.79 Å². The Labute approximate surface area is 131 Å². The summed E-state index contributed by atoms with van der Waals surface area (Å²) in [6.07, 6.45) is -0.103. The van der Waals surface area contributed by atoms with E-state index in [0.717, 1.165) is 5.56 Å². The topological polar surface area (TPSA) is 78.8 Å². The first-order chi connectivity index (χ1) is 9.49. The van der Waals surface area contributed by atoms with Gasteiger partial charge in [0.1, 0.15) is 18.5 Å². The molecule has 5 nitrogen and oxygen atoms in total. The van der Waals surface area contributed by atoms with Crippen LogP contribution < -0.4 is 10.1 Å². The van der Waals surface area contributed by atoms with Gasteiger partial charge in [-0.2, -0.15) is 0 Å². The average Bonchev–Trinajstić information content (AvgIpc) is 2.41. The molecule has 0 aromatic heterocycles. The lowest BCUT2D eigenvalue weighted by Gasteiger charge is -2.16. The Kier molecular flexibility index (Phi) is 9.78. The van der Waals surface area contributed by atoms with Gasteiger partial charge in [0.25, 0.3) is 0 Å². The number of benzene rings is 1. The Balaban J connectivity index is 0.00000400. The predicted octanol–water partition coefficient (Wildman–Crippen LogP) is 1.86. The maximum atomic E-state index is 10.6. The number of aliphatic hydroxyl groups excluding tert-OH is 1. The predicted molar refractivity (Wildman–Crippen MR) is 84.3 cm³/mol. The Morgan fingerprint density at radius 2 is 2.00 bits per heavy atom. The zero-order valence-electron chi connectivity index (χ0n) is 12.4. The van der Waals surface area contributed by atoms with Crippen molar-refractivity contribution in [2.45, 2.75) is 38.8 Å². The van der Waals surface area contributed by atoms with Crippen molar-refractivity contribution in [1.82, 2.24) is 5.32 Å². The van der Waals surface area contributed by atoms with Crippen LogP contribution in [0.3, 0.4) is 0 Å². The number of aliphatic hydroxyl groups is 1. The first-order valence-electron chi connectivity index (χ1n) is 6.83. The van der Waals surface area contributed by atoms with Crippen LogP contribution in [0, 0.1) is 0 Å². The van der Waals surface area contributed by atoms with Crippen molar-refractivity contribution in [1.29, 1.82) is 0 Å². The standard InChI is InChI=1S/C15H23NO4.ClH/c1-11(2)16-9-13(17)10-20-14-6-4-3-5-12(14)7-8-15(18)19;/h3-6,11,13,16-17H,7-10H2,1-2H3,(H,18,19);1H.